The third-order valence-electron chi connectivity index (χ3n) is 4.37. The summed E-state index contributed by atoms with van der Waals surface area (Å²) in [5, 5.41) is 7.48. The van der Waals surface area contributed by atoms with Crippen LogP contribution in [0.1, 0.15) is 28.9 Å². The van der Waals surface area contributed by atoms with Gasteiger partial charge < -0.3 is 5.32 Å². The molecule has 0 saturated heterocycles. The molecule has 0 aliphatic rings. The number of amides is 1. The predicted octanol–water partition coefficient (Wildman–Crippen LogP) is 5.13. The van der Waals surface area contributed by atoms with Crippen LogP contribution in [0.2, 0.25) is 0 Å². The van der Waals surface area contributed by atoms with Gasteiger partial charge in [0.2, 0.25) is 5.91 Å². The Morgan fingerprint density at radius 1 is 1.12 bits per heavy atom. The summed E-state index contributed by atoms with van der Waals surface area (Å²) in [4.78, 5) is 12.2. The fourth-order valence-electron chi connectivity index (χ4n) is 2.91. The van der Waals surface area contributed by atoms with E-state index in [1.54, 1.807) is 0 Å². The maximum absolute atomic E-state index is 12.2. The molecule has 0 aliphatic carbocycles. The Kier molecular flexibility index (Phi) is 5.57. The second-order valence-corrected chi connectivity index (χ2v) is 7.32. The predicted molar refractivity (Wildman–Crippen MR) is 109 cm³/mol. The van der Waals surface area contributed by atoms with Crippen LogP contribution < -0.4 is 5.32 Å². The number of aryl methyl sites for hydroxylation is 3. The normalized spacial score (nSPS) is 10.8. The zero-order valence-corrected chi connectivity index (χ0v) is 16.8. The van der Waals surface area contributed by atoms with Gasteiger partial charge in [-0.25, -0.2) is 4.68 Å². The van der Waals surface area contributed by atoms with Gasteiger partial charge in [0, 0.05) is 22.3 Å². The zero-order valence-electron chi connectivity index (χ0n) is 15.2. The second kappa shape index (κ2) is 7.87. The number of rotatable bonds is 5. The first-order valence-corrected chi connectivity index (χ1v) is 9.41. The van der Waals surface area contributed by atoms with Crippen LogP contribution >= 0.6 is 15.9 Å². The third-order valence-corrected chi connectivity index (χ3v) is 5.23. The Morgan fingerprint density at radius 2 is 1.85 bits per heavy atom. The van der Waals surface area contributed by atoms with E-state index in [1.807, 2.05) is 55.8 Å². The molecule has 0 fully saturated rings. The number of benzene rings is 2. The van der Waals surface area contributed by atoms with E-state index in [2.05, 4.69) is 44.5 Å². The fourth-order valence-corrected chi connectivity index (χ4v) is 3.27. The van der Waals surface area contributed by atoms with Gasteiger partial charge in [-0.2, -0.15) is 5.10 Å². The van der Waals surface area contributed by atoms with E-state index in [-0.39, 0.29) is 5.91 Å². The van der Waals surface area contributed by atoms with Crippen molar-refractivity contribution in [2.45, 2.75) is 33.6 Å². The van der Waals surface area contributed by atoms with Gasteiger partial charge in [-0.1, -0.05) is 34.1 Å². The minimum atomic E-state index is 0.0221. The maximum atomic E-state index is 12.2. The minimum absolute atomic E-state index is 0.0221. The lowest BCUT2D eigenvalue weighted by molar-refractivity contribution is -0.116. The minimum Gasteiger partial charge on any atom is -0.326 e. The molecule has 1 heterocycles. The number of halogens is 1. The molecule has 0 radical (unpaired) electrons. The molecule has 1 N–H and O–H groups in total. The molecule has 0 bridgehead atoms. The number of carbonyl (C=O) groups excluding carboxylic acids is 1. The van der Waals surface area contributed by atoms with Crippen LogP contribution in [0.4, 0.5) is 5.69 Å². The molecule has 5 heteroatoms. The van der Waals surface area contributed by atoms with E-state index in [1.165, 1.54) is 0 Å². The fraction of sp³-hybridized carbons (Fsp3) is 0.238. The van der Waals surface area contributed by atoms with E-state index in [0.29, 0.717) is 12.8 Å². The highest BCUT2D eigenvalue weighted by atomic mass is 79.9. The second-order valence-electron chi connectivity index (χ2n) is 6.47. The highest BCUT2D eigenvalue weighted by molar-refractivity contribution is 9.10. The molecule has 26 heavy (non-hydrogen) atoms. The summed E-state index contributed by atoms with van der Waals surface area (Å²) in [7, 11) is 0. The van der Waals surface area contributed by atoms with Crippen molar-refractivity contribution in [3.8, 4) is 5.69 Å². The number of nitrogens with one attached hydrogen (secondary N) is 1. The molecular weight excluding hydrogens is 390 g/mol. The molecular formula is C21H22BrN3O. The number of hydrogen-bond acceptors (Lipinski definition) is 2. The molecule has 2 aromatic carbocycles. The summed E-state index contributed by atoms with van der Waals surface area (Å²) in [5.74, 6) is 0.0221. The lowest BCUT2D eigenvalue weighted by Crippen LogP contribution is -2.13. The van der Waals surface area contributed by atoms with Crippen molar-refractivity contribution in [1.82, 2.24) is 9.78 Å². The van der Waals surface area contributed by atoms with Crippen molar-refractivity contribution in [3.63, 3.8) is 0 Å². The van der Waals surface area contributed by atoms with Crippen LogP contribution in [0.5, 0.6) is 0 Å². The number of hydrogen-bond donors (Lipinski definition) is 1. The third kappa shape index (κ3) is 4.22. The Balaban J connectivity index is 1.60. The van der Waals surface area contributed by atoms with Crippen molar-refractivity contribution < 1.29 is 4.79 Å². The first kappa shape index (κ1) is 18.4. The average molecular weight is 412 g/mol. The SMILES string of the molecule is Cc1cc(C)n(-c2ccc(CCC(=O)Nc3cccc(Br)c3C)cc2)n1. The molecule has 0 spiro atoms. The summed E-state index contributed by atoms with van der Waals surface area (Å²) in [6.07, 6.45) is 1.15. The van der Waals surface area contributed by atoms with Crippen LogP contribution in [-0.4, -0.2) is 15.7 Å². The van der Waals surface area contributed by atoms with Crippen molar-refractivity contribution >= 4 is 27.5 Å². The highest BCUT2D eigenvalue weighted by Gasteiger charge is 2.08. The van der Waals surface area contributed by atoms with Gasteiger partial charge in [0.15, 0.2) is 0 Å². The highest BCUT2D eigenvalue weighted by Crippen LogP contribution is 2.23. The molecule has 0 aliphatic heterocycles. The first-order chi connectivity index (χ1) is 12.4. The van der Waals surface area contributed by atoms with E-state index < -0.39 is 0 Å². The summed E-state index contributed by atoms with van der Waals surface area (Å²) < 4.78 is 2.93. The Hall–Kier alpha value is -2.40. The molecule has 3 aromatic rings. The molecule has 1 amide bonds. The average Bonchev–Trinajstić information content (AvgIpc) is 2.96. The van der Waals surface area contributed by atoms with Crippen LogP contribution in [-0.2, 0) is 11.2 Å². The smallest absolute Gasteiger partial charge is 0.224 e. The van der Waals surface area contributed by atoms with E-state index in [9.17, 15) is 4.79 Å². The first-order valence-electron chi connectivity index (χ1n) is 8.61. The van der Waals surface area contributed by atoms with Gasteiger partial charge in [0.05, 0.1) is 11.4 Å². The maximum Gasteiger partial charge on any atom is 0.224 e. The van der Waals surface area contributed by atoms with Crippen LogP contribution in [0.3, 0.4) is 0 Å². The van der Waals surface area contributed by atoms with Crippen molar-refractivity contribution in [2.75, 3.05) is 5.32 Å². The van der Waals surface area contributed by atoms with E-state index in [4.69, 9.17) is 0 Å². The van der Waals surface area contributed by atoms with Crippen molar-refractivity contribution in [1.29, 1.82) is 0 Å². The van der Waals surface area contributed by atoms with Gasteiger partial charge in [-0.3, -0.25) is 4.79 Å². The van der Waals surface area contributed by atoms with Gasteiger partial charge in [0.1, 0.15) is 0 Å². The molecule has 0 unspecified atom stereocenters. The number of carbonyl (C=O) groups is 1. The number of aromatic nitrogens is 2. The monoisotopic (exact) mass is 411 g/mol. The molecule has 4 nitrogen and oxygen atoms in total. The van der Waals surface area contributed by atoms with Crippen LogP contribution in [0.15, 0.2) is 53.0 Å². The molecule has 1 aromatic heterocycles. The van der Waals surface area contributed by atoms with E-state index >= 15 is 0 Å². The molecule has 0 saturated carbocycles. The van der Waals surface area contributed by atoms with E-state index in [0.717, 1.165) is 38.4 Å². The number of nitrogens with zero attached hydrogens (tertiary/aromatic N) is 2. The number of anilines is 1. The topological polar surface area (TPSA) is 46.9 Å². The molecule has 134 valence electrons. The van der Waals surface area contributed by atoms with Gasteiger partial charge in [0.25, 0.3) is 0 Å². The summed E-state index contributed by atoms with van der Waals surface area (Å²) in [6.45, 7) is 6.02. The quantitative estimate of drug-likeness (QED) is 0.632. The van der Waals surface area contributed by atoms with Gasteiger partial charge >= 0.3 is 0 Å². The van der Waals surface area contributed by atoms with Crippen LogP contribution in [0, 0.1) is 20.8 Å². The van der Waals surface area contributed by atoms with Crippen LogP contribution in [0.25, 0.3) is 5.69 Å². The van der Waals surface area contributed by atoms with Gasteiger partial charge in [-0.05, 0) is 68.7 Å². The summed E-state index contributed by atoms with van der Waals surface area (Å²) >= 11 is 3.49. The standard InChI is InChI=1S/C21H22BrN3O/c1-14-13-15(2)25(24-14)18-10-7-17(8-11-18)9-12-21(26)23-20-6-4-5-19(22)16(20)3/h4-8,10-11,13H,9,12H2,1-3H3,(H,23,26). The van der Waals surface area contributed by atoms with Crippen molar-refractivity contribution in [3.05, 3.63) is 75.5 Å². The Labute approximate surface area is 162 Å². The molecule has 0 atom stereocenters. The lowest BCUT2D eigenvalue weighted by atomic mass is 10.1. The summed E-state index contributed by atoms with van der Waals surface area (Å²) in [6, 6.07) is 16.1. The zero-order chi connectivity index (χ0) is 18.7. The Bertz CT molecular complexity index is 929. The molecule has 3 rings (SSSR count). The van der Waals surface area contributed by atoms with Gasteiger partial charge in [-0.15, -0.1) is 0 Å². The largest absolute Gasteiger partial charge is 0.326 e. The van der Waals surface area contributed by atoms with Crippen molar-refractivity contribution in [2.24, 2.45) is 0 Å². The Morgan fingerprint density at radius 3 is 2.50 bits per heavy atom. The lowest BCUT2D eigenvalue weighted by Gasteiger charge is -2.10. The summed E-state index contributed by atoms with van der Waals surface area (Å²) in [5.41, 5.74) is 6.18.